The largest absolute Gasteiger partial charge is 0.529 e. The molecule has 88 valence electrons. The quantitative estimate of drug-likeness (QED) is 0.383. The summed E-state index contributed by atoms with van der Waals surface area (Å²) in [6.45, 7) is 7.94. The number of rotatable bonds is 7. The van der Waals surface area contributed by atoms with Gasteiger partial charge in [-0.1, -0.05) is 11.6 Å². The first-order valence-corrected chi connectivity index (χ1v) is 6.37. The minimum absolute atomic E-state index is 0.285. The number of phosphoric acid groups is 1. The van der Waals surface area contributed by atoms with Crippen molar-refractivity contribution in [1.82, 2.24) is 0 Å². The smallest absolute Gasteiger partial charge is 0.412 e. The van der Waals surface area contributed by atoms with Crippen molar-refractivity contribution in [3.63, 3.8) is 0 Å². The van der Waals surface area contributed by atoms with Crippen LogP contribution in [-0.2, 0) is 18.1 Å². The third kappa shape index (κ3) is 7.37. The van der Waals surface area contributed by atoms with Gasteiger partial charge < -0.3 is 4.52 Å². The molecule has 0 aromatic heterocycles. The van der Waals surface area contributed by atoms with Gasteiger partial charge in [-0.25, -0.2) is 4.57 Å². The summed E-state index contributed by atoms with van der Waals surface area (Å²) in [5.74, 6) is 0. The molecule has 0 heterocycles. The Bertz CT molecular complexity index is 257. The number of phosphoric ester groups is 1. The molecular formula is C10H19O4P. The highest BCUT2D eigenvalue weighted by Crippen LogP contribution is 2.49. The number of hydrogen-bond acceptors (Lipinski definition) is 4. The predicted molar refractivity (Wildman–Crippen MR) is 60.5 cm³/mol. The van der Waals surface area contributed by atoms with E-state index in [-0.39, 0.29) is 13.2 Å². The van der Waals surface area contributed by atoms with Crippen LogP contribution in [0.1, 0.15) is 27.7 Å². The lowest BCUT2D eigenvalue weighted by atomic mass is 10.3. The molecule has 0 spiro atoms. The molecule has 0 rings (SSSR count). The zero-order valence-corrected chi connectivity index (χ0v) is 10.6. The van der Waals surface area contributed by atoms with Crippen LogP contribution in [0.2, 0.25) is 0 Å². The Hall–Kier alpha value is -0.570. The van der Waals surface area contributed by atoms with E-state index in [0.29, 0.717) is 0 Å². The summed E-state index contributed by atoms with van der Waals surface area (Å²) in [7, 11) is -3.40. The molecule has 5 heteroatoms. The molecule has 0 aliphatic rings. The first kappa shape index (κ1) is 14.4. The van der Waals surface area contributed by atoms with Gasteiger partial charge in [0, 0.05) is 0 Å². The molecule has 0 radical (unpaired) electrons. The van der Waals surface area contributed by atoms with E-state index in [1.165, 1.54) is 6.26 Å². The van der Waals surface area contributed by atoms with E-state index in [9.17, 15) is 4.57 Å². The predicted octanol–water partition coefficient (Wildman–Crippen LogP) is 3.66. The molecule has 0 aromatic rings. The van der Waals surface area contributed by atoms with Gasteiger partial charge in [-0.15, -0.1) is 0 Å². The zero-order chi connectivity index (χ0) is 11.7. The van der Waals surface area contributed by atoms with Gasteiger partial charge >= 0.3 is 7.82 Å². The fourth-order valence-corrected chi connectivity index (χ4v) is 1.80. The van der Waals surface area contributed by atoms with Crippen LogP contribution in [0.5, 0.6) is 0 Å². The summed E-state index contributed by atoms with van der Waals surface area (Å²) < 4.78 is 26.5. The maximum absolute atomic E-state index is 11.7. The van der Waals surface area contributed by atoms with E-state index < -0.39 is 7.82 Å². The second kappa shape index (κ2) is 7.69. The van der Waals surface area contributed by atoms with Crippen molar-refractivity contribution in [2.75, 3.05) is 13.2 Å². The molecule has 0 atom stereocenters. The standard InChI is InChI=1S/C10H19O4P/c1-5-12-15(11,13-6-2)14-9-7-8-10(3)4/h7-9H,5-6H2,1-4H3/b9-7+. The Kier molecular flexibility index (Phi) is 7.39. The van der Waals surface area contributed by atoms with Gasteiger partial charge in [-0.2, -0.15) is 0 Å². The Balaban J connectivity index is 4.24. The van der Waals surface area contributed by atoms with Crippen LogP contribution >= 0.6 is 7.82 Å². The monoisotopic (exact) mass is 234 g/mol. The van der Waals surface area contributed by atoms with E-state index in [2.05, 4.69) is 0 Å². The topological polar surface area (TPSA) is 44.8 Å². The van der Waals surface area contributed by atoms with Crippen LogP contribution in [0.4, 0.5) is 0 Å². The minimum atomic E-state index is -3.40. The molecule has 0 saturated carbocycles. The van der Waals surface area contributed by atoms with Crippen molar-refractivity contribution in [1.29, 1.82) is 0 Å². The van der Waals surface area contributed by atoms with Crippen LogP contribution in [0.15, 0.2) is 24.0 Å². The van der Waals surface area contributed by atoms with E-state index in [4.69, 9.17) is 13.6 Å². The molecule has 0 aliphatic carbocycles. The summed E-state index contributed by atoms with van der Waals surface area (Å²) in [5, 5.41) is 0. The Morgan fingerprint density at radius 3 is 2.13 bits per heavy atom. The molecule has 0 amide bonds. The molecule has 0 bridgehead atoms. The van der Waals surface area contributed by atoms with Crippen LogP contribution < -0.4 is 0 Å². The van der Waals surface area contributed by atoms with Crippen molar-refractivity contribution < 1.29 is 18.1 Å². The second-order valence-corrected chi connectivity index (χ2v) is 4.58. The molecule has 4 nitrogen and oxygen atoms in total. The van der Waals surface area contributed by atoms with Gasteiger partial charge in [0.25, 0.3) is 0 Å². The maximum atomic E-state index is 11.7. The lowest BCUT2D eigenvalue weighted by molar-refractivity contribution is 0.154. The first-order chi connectivity index (χ1) is 7.04. The summed E-state index contributed by atoms with van der Waals surface area (Å²) in [6.07, 6.45) is 4.81. The molecule has 0 fully saturated rings. The SMILES string of the molecule is CCOP(=O)(O/C=C/C=C(C)C)OCC. The van der Waals surface area contributed by atoms with Gasteiger partial charge in [-0.3, -0.25) is 9.05 Å². The van der Waals surface area contributed by atoms with Crippen LogP contribution in [-0.4, -0.2) is 13.2 Å². The molecule has 0 saturated heterocycles. The molecule has 15 heavy (non-hydrogen) atoms. The average molecular weight is 234 g/mol. The van der Waals surface area contributed by atoms with Gasteiger partial charge in [-0.05, 0) is 33.8 Å². The zero-order valence-electron chi connectivity index (χ0n) is 9.73. The summed E-state index contributed by atoms with van der Waals surface area (Å²) in [6, 6.07) is 0. The van der Waals surface area contributed by atoms with Crippen molar-refractivity contribution in [3.05, 3.63) is 24.0 Å². The third-order valence-corrected chi connectivity index (χ3v) is 2.80. The highest BCUT2D eigenvalue weighted by molar-refractivity contribution is 7.48. The Morgan fingerprint density at radius 2 is 1.73 bits per heavy atom. The molecule has 0 N–H and O–H groups in total. The molecule has 0 aromatic carbocycles. The third-order valence-electron chi connectivity index (χ3n) is 1.27. The Morgan fingerprint density at radius 1 is 1.20 bits per heavy atom. The first-order valence-electron chi connectivity index (χ1n) is 4.91. The summed E-state index contributed by atoms with van der Waals surface area (Å²) in [4.78, 5) is 0. The normalized spacial score (nSPS) is 11.7. The van der Waals surface area contributed by atoms with E-state index in [0.717, 1.165) is 5.57 Å². The molecule has 0 aliphatic heterocycles. The molecular weight excluding hydrogens is 215 g/mol. The van der Waals surface area contributed by atoms with E-state index in [1.54, 1.807) is 19.9 Å². The van der Waals surface area contributed by atoms with Gasteiger partial charge in [0.15, 0.2) is 0 Å². The average Bonchev–Trinajstić information content (AvgIpc) is 2.13. The number of allylic oxidation sites excluding steroid dienone is 3. The number of hydrogen-bond donors (Lipinski definition) is 0. The molecule has 0 unspecified atom stereocenters. The maximum Gasteiger partial charge on any atom is 0.529 e. The lowest BCUT2D eigenvalue weighted by Crippen LogP contribution is -1.96. The highest BCUT2D eigenvalue weighted by Gasteiger charge is 2.24. The van der Waals surface area contributed by atoms with Crippen molar-refractivity contribution in [2.45, 2.75) is 27.7 Å². The van der Waals surface area contributed by atoms with Crippen LogP contribution in [0.3, 0.4) is 0 Å². The van der Waals surface area contributed by atoms with Crippen molar-refractivity contribution in [2.24, 2.45) is 0 Å². The minimum Gasteiger partial charge on any atom is -0.412 e. The lowest BCUT2D eigenvalue weighted by Gasteiger charge is -2.13. The van der Waals surface area contributed by atoms with Crippen molar-refractivity contribution >= 4 is 7.82 Å². The van der Waals surface area contributed by atoms with Gasteiger partial charge in [0.2, 0.25) is 0 Å². The van der Waals surface area contributed by atoms with Gasteiger partial charge in [0.1, 0.15) is 0 Å². The van der Waals surface area contributed by atoms with Gasteiger partial charge in [0.05, 0.1) is 19.5 Å². The fraction of sp³-hybridized carbons (Fsp3) is 0.600. The summed E-state index contributed by atoms with van der Waals surface area (Å²) in [5.41, 5.74) is 1.12. The Labute approximate surface area is 91.5 Å². The summed E-state index contributed by atoms with van der Waals surface area (Å²) >= 11 is 0. The van der Waals surface area contributed by atoms with E-state index in [1.807, 2.05) is 19.9 Å². The van der Waals surface area contributed by atoms with Crippen LogP contribution in [0.25, 0.3) is 0 Å². The van der Waals surface area contributed by atoms with E-state index >= 15 is 0 Å². The highest BCUT2D eigenvalue weighted by atomic mass is 31.2. The van der Waals surface area contributed by atoms with Crippen LogP contribution in [0, 0.1) is 0 Å². The fourth-order valence-electron chi connectivity index (χ4n) is 0.756. The second-order valence-electron chi connectivity index (χ2n) is 2.96. The van der Waals surface area contributed by atoms with Crippen molar-refractivity contribution in [3.8, 4) is 0 Å².